The molecule has 0 aliphatic heterocycles. The van der Waals surface area contributed by atoms with Crippen LogP contribution in [-0.4, -0.2) is 17.6 Å². The molecule has 1 N–H and O–H groups in total. The summed E-state index contributed by atoms with van der Waals surface area (Å²) < 4.78 is 0. The Labute approximate surface area is 97.1 Å². The molecule has 1 aromatic heterocycles. The number of hydrogen-bond acceptors (Lipinski definition) is 3. The molecule has 86 valence electrons. The molecule has 0 aromatic carbocycles. The molecule has 0 saturated carbocycles. The van der Waals surface area contributed by atoms with Crippen LogP contribution in [0, 0.1) is 0 Å². The van der Waals surface area contributed by atoms with Gasteiger partial charge in [0, 0.05) is 17.6 Å². The predicted molar refractivity (Wildman–Crippen MR) is 67.4 cm³/mol. The second-order valence-electron chi connectivity index (χ2n) is 4.03. The van der Waals surface area contributed by atoms with Gasteiger partial charge in [0.25, 0.3) is 0 Å². The maximum Gasteiger partial charge on any atom is 0.0924 e. The van der Waals surface area contributed by atoms with Gasteiger partial charge in [-0.25, -0.2) is 4.98 Å². The van der Waals surface area contributed by atoms with Crippen molar-refractivity contribution in [2.75, 3.05) is 6.54 Å². The number of rotatable bonds is 8. The van der Waals surface area contributed by atoms with Crippen LogP contribution in [0.5, 0.6) is 0 Å². The highest BCUT2D eigenvalue weighted by molar-refractivity contribution is 7.09. The average molecular weight is 226 g/mol. The van der Waals surface area contributed by atoms with Crippen molar-refractivity contribution in [1.82, 2.24) is 10.3 Å². The van der Waals surface area contributed by atoms with Crippen LogP contribution in [0.25, 0.3) is 0 Å². The summed E-state index contributed by atoms with van der Waals surface area (Å²) in [6, 6.07) is 0.676. The van der Waals surface area contributed by atoms with Crippen molar-refractivity contribution >= 4 is 11.3 Å². The first kappa shape index (κ1) is 12.7. The highest BCUT2D eigenvalue weighted by Crippen LogP contribution is 2.07. The molecule has 15 heavy (non-hydrogen) atoms. The lowest BCUT2D eigenvalue weighted by Gasteiger charge is -2.11. The summed E-state index contributed by atoms with van der Waals surface area (Å²) in [5, 5.41) is 6.87. The summed E-state index contributed by atoms with van der Waals surface area (Å²) in [5.41, 5.74) is 0. The Kier molecular flexibility index (Phi) is 6.60. The van der Waals surface area contributed by atoms with Gasteiger partial charge in [0.05, 0.1) is 5.01 Å². The summed E-state index contributed by atoms with van der Waals surface area (Å²) in [7, 11) is 0. The molecule has 1 atom stereocenters. The average Bonchev–Trinajstić information content (AvgIpc) is 2.70. The number of aryl methyl sites for hydroxylation is 1. The van der Waals surface area contributed by atoms with Crippen LogP contribution in [0.4, 0.5) is 0 Å². The lowest BCUT2D eigenvalue weighted by atomic mass is 10.2. The van der Waals surface area contributed by atoms with Crippen LogP contribution in [0.3, 0.4) is 0 Å². The molecule has 0 fully saturated rings. The van der Waals surface area contributed by atoms with E-state index in [-0.39, 0.29) is 0 Å². The molecule has 0 amide bonds. The molecule has 0 bridgehead atoms. The van der Waals surface area contributed by atoms with Gasteiger partial charge < -0.3 is 5.32 Å². The topological polar surface area (TPSA) is 24.9 Å². The van der Waals surface area contributed by atoms with E-state index in [1.54, 1.807) is 11.3 Å². The van der Waals surface area contributed by atoms with Gasteiger partial charge in [0.15, 0.2) is 0 Å². The van der Waals surface area contributed by atoms with Crippen molar-refractivity contribution in [3.63, 3.8) is 0 Å². The fourth-order valence-electron chi connectivity index (χ4n) is 1.66. The van der Waals surface area contributed by atoms with Gasteiger partial charge in [-0.3, -0.25) is 0 Å². The Morgan fingerprint density at radius 2 is 2.33 bits per heavy atom. The van der Waals surface area contributed by atoms with Crippen LogP contribution < -0.4 is 5.32 Å². The number of nitrogens with one attached hydrogen (secondary N) is 1. The molecule has 0 aliphatic carbocycles. The maximum absolute atomic E-state index is 4.28. The normalized spacial score (nSPS) is 12.9. The minimum absolute atomic E-state index is 0.676. The van der Waals surface area contributed by atoms with Crippen LogP contribution in [0.2, 0.25) is 0 Å². The minimum Gasteiger partial charge on any atom is -0.314 e. The third kappa shape index (κ3) is 5.90. The lowest BCUT2D eigenvalue weighted by Crippen LogP contribution is -2.26. The number of aromatic nitrogens is 1. The fraction of sp³-hybridized carbons (Fsp3) is 0.750. The molecule has 1 unspecified atom stereocenters. The van der Waals surface area contributed by atoms with Crippen molar-refractivity contribution in [3.05, 3.63) is 16.6 Å². The molecule has 3 heteroatoms. The Balaban J connectivity index is 1.93. The van der Waals surface area contributed by atoms with Crippen molar-refractivity contribution in [2.45, 2.75) is 52.0 Å². The zero-order chi connectivity index (χ0) is 10.9. The molecule has 0 aliphatic rings. The van der Waals surface area contributed by atoms with Gasteiger partial charge in [-0.1, -0.05) is 13.3 Å². The molecule has 1 heterocycles. The zero-order valence-corrected chi connectivity index (χ0v) is 10.6. The van der Waals surface area contributed by atoms with Gasteiger partial charge in [0.1, 0.15) is 0 Å². The van der Waals surface area contributed by atoms with E-state index < -0.39 is 0 Å². The van der Waals surface area contributed by atoms with E-state index in [1.807, 2.05) is 6.20 Å². The minimum atomic E-state index is 0.676. The molecule has 0 spiro atoms. The summed E-state index contributed by atoms with van der Waals surface area (Å²) in [6.07, 6.45) is 8.09. The van der Waals surface area contributed by atoms with E-state index in [4.69, 9.17) is 0 Å². The Hall–Kier alpha value is -0.410. The first-order chi connectivity index (χ1) is 7.33. The molecule has 1 rings (SSSR count). The van der Waals surface area contributed by atoms with Crippen LogP contribution >= 0.6 is 11.3 Å². The summed E-state index contributed by atoms with van der Waals surface area (Å²) >= 11 is 1.76. The highest BCUT2D eigenvalue weighted by Gasteiger charge is 1.99. The van der Waals surface area contributed by atoms with Gasteiger partial charge >= 0.3 is 0 Å². The maximum atomic E-state index is 4.28. The van der Waals surface area contributed by atoms with E-state index in [2.05, 4.69) is 29.5 Å². The second kappa shape index (κ2) is 7.83. The smallest absolute Gasteiger partial charge is 0.0924 e. The summed E-state index contributed by atoms with van der Waals surface area (Å²) in [6.45, 7) is 5.65. The van der Waals surface area contributed by atoms with E-state index >= 15 is 0 Å². The number of thiazole rings is 1. The van der Waals surface area contributed by atoms with E-state index in [9.17, 15) is 0 Å². The Bertz CT molecular complexity index is 234. The molecule has 1 aromatic rings. The van der Waals surface area contributed by atoms with Gasteiger partial charge in [-0.05, 0) is 39.2 Å². The van der Waals surface area contributed by atoms with E-state index in [1.165, 1.54) is 30.7 Å². The molecule has 0 radical (unpaired) electrons. The van der Waals surface area contributed by atoms with Crippen LogP contribution in [0.1, 0.15) is 44.5 Å². The van der Waals surface area contributed by atoms with Gasteiger partial charge in [-0.2, -0.15) is 0 Å². The summed E-state index contributed by atoms with van der Waals surface area (Å²) in [5.74, 6) is 0. The van der Waals surface area contributed by atoms with Crippen molar-refractivity contribution < 1.29 is 0 Å². The van der Waals surface area contributed by atoms with Crippen molar-refractivity contribution in [1.29, 1.82) is 0 Å². The standard InChI is InChI=1S/C12H22N2S/c1-3-6-11(2)13-8-5-4-7-12-14-9-10-15-12/h9-11,13H,3-8H2,1-2H3. The SMILES string of the molecule is CCCC(C)NCCCCc1nccs1. The largest absolute Gasteiger partial charge is 0.314 e. The van der Waals surface area contributed by atoms with Crippen LogP contribution in [-0.2, 0) is 6.42 Å². The second-order valence-corrected chi connectivity index (χ2v) is 5.01. The number of nitrogens with zero attached hydrogens (tertiary/aromatic N) is 1. The van der Waals surface area contributed by atoms with Crippen molar-refractivity contribution in [2.24, 2.45) is 0 Å². The predicted octanol–water partition coefficient (Wildman–Crippen LogP) is 3.24. The molecular formula is C12H22N2S. The number of unbranched alkanes of at least 4 members (excludes halogenated alkanes) is 1. The van der Waals surface area contributed by atoms with Crippen molar-refractivity contribution in [3.8, 4) is 0 Å². The first-order valence-corrected chi connectivity index (χ1v) is 6.82. The lowest BCUT2D eigenvalue weighted by molar-refractivity contribution is 0.495. The monoisotopic (exact) mass is 226 g/mol. The van der Waals surface area contributed by atoms with E-state index in [0.717, 1.165) is 13.0 Å². The Morgan fingerprint density at radius 3 is 3.00 bits per heavy atom. The number of hydrogen-bond donors (Lipinski definition) is 1. The summed E-state index contributed by atoms with van der Waals surface area (Å²) in [4.78, 5) is 4.28. The molecular weight excluding hydrogens is 204 g/mol. The quantitative estimate of drug-likeness (QED) is 0.688. The first-order valence-electron chi connectivity index (χ1n) is 5.94. The highest BCUT2D eigenvalue weighted by atomic mass is 32.1. The van der Waals surface area contributed by atoms with Gasteiger partial charge in [-0.15, -0.1) is 11.3 Å². The van der Waals surface area contributed by atoms with E-state index in [0.29, 0.717) is 6.04 Å². The van der Waals surface area contributed by atoms with Crippen LogP contribution in [0.15, 0.2) is 11.6 Å². The Morgan fingerprint density at radius 1 is 1.47 bits per heavy atom. The van der Waals surface area contributed by atoms with Gasteiger partial charge in [0.2, 0.25) is 0 Å². The third-order valence-corrected chi connectivity index (χ3v) is 3.35. The molecule has 0 saturated heterocycles. The molecule has 2 nitrogen and oxygen atoms in total. The fourth-order valence-corrected chi connectivity index (χ4v) is 2.32. The third-order valence-electron chi connectivity index (χ3n) is 2.52. The zero-order valence-electron chi connectivity index (χ0n) is 9.83.